The number of nitrogens with zero attached hydrogens (tertiary/aromatic N) is 3. The van der Waals surface area contributed by atoms with Gasteiger partial charge in [-0.05, 0) is 19.9 Å². The fourth-order valence-electron chi connectivity index (χ4n) is 1.71. The molecule has 1 aliphatic heterocycles. The van der Waals surface area contributed by atoms with E-state index in [0.29, 0.717) is 0 Å². The van der Waals surface area contributed by atoms with Crippen molar-refractivity contribution in [2.75, 3.05) is 25.9 Å². The molecule has 1 aromatic rings. The second kappa shape index (κ2) is 4.61. The molecule has 16 heavy (non-hydrogen) atoms. The Balaban J connectivity index is 2.00. The van der Waals surface area contributed by atoms with Crippen molar-refractivity contribution in [1.29, 1.82) is 0 Å². The Morgan fingerprint density at radius 1 is 1.50 bits per heavy atom. The Labute approximate surface area is 93.4 Å². The molecule has 0 bridgehead atoms. The lowest BCUT2D eigenvalue weighted by Crippen LogP contribution is -2.36. The highest BCUT2D eigenvalue weighted by Crippen LogP contribution is 2.19. The largest absolute Gasteiger partial charge is 0.472 e. The van der Waals surface area contributed by atoms with Gasteiger partial charge in [-0.15, -0.1) is 0 Å². The Hall–Kier alpha value is -1.43. The second-order valence-corrected chi connectivity index (χ2v) is 4.00. The maximum absolute atomic E-state index is 13.3. The number of rotatable bonds is 2. The molecule has 2 heterocycles. The molecule has 6 heteroatoms. The third kappa shape index (κ3) is 2.57. The van der Waals surface area contributed by atoms with Crippen LogP contribution < -0.4 is 10.5 Å². The van der Waals surface area contributed by atoms with Gasteiger partial charge in [-0.3, -0.25) is 0 Å². The summed E-state index contributed by atoms with van der Waals surface area (Å²) in [5, 5.41) is 0. The Morgan fingerprint density at radius 3 is 2.88 bits per heavy atom. The van der Waals surface area contributed by atoms with Crippen LogP contribution in [-0.4, -0.2) is 41.1 Å². The summed E-state index contributed by atoms with van der Waals surface area (Å²) >= 11 is 0. The van der Waals surface area contributed by atoms with Crippen LogP contribution in [0.4, 0.5) is 10.3 Å². The number of hydrogen-bond donors (Lipinski definition) is 1. The highest BCUT2D eigenvalue weighted by molar-refractivity contribution is 5.22. The van der Waals surface area contributed by atoms with Crippen LogP contribution in [0.25, 0.3) is 0 Å². The molecule has 5 nitrogen and oxygen atoms in total. The van der Waals surface area contributed by atoms with Crippen molar-refractivity contribution < 1.29 is 9.13 Å². The topological polar surface area (TPSA) is 64.3 Å². The molecule has 0 saturated carbocycles. The fraction of sp³-hybridized carbons (Fsp3) is 0.600. The van der Waals surface area contributed by atoms with E-state index >= 15 is 0 Å². The Kier molecular flexibility index (Phi) is 3.19. The zero-order valence-electron chi connectivity index (χ0n) is 9.19. The van der Waals surface area contributed by atoms with Crippen LogP contribution in [0.1, 0.15) is 12.8 Å². The number of aromatic nitrogens is 2. The van der Waals surface area contributed by atoms with E-state index in [2.05, 4.69) is 21.9 Å². The molecule has 2 rings (SSSR count). The highest BCUT2D eigenvalue weighted by Gasteiger charge is 2.20. The summed E-state index contributed by atoms with van der Waals surface area (Å²) in [6.07, 6.45) is 2.80. The summed E-state index contributed by atoms with van der Waals surface area (Å²) in [7, 11) is 2.06. The van der Waals surface area contributed by atoms with Crippen LogP contribution in [0.15, 0.2) is 6.20 Å². The van der Waals surface area contributed by atoms with E-state index in [-0.39, 0.29) is 17.9 Å². The lowest BCUT2D eigenvalue weighted by molar-refractivity contribution is 0.105. The summed E-state index contributed by atoms with van der Waals surface area (Å²) < 4.78 is 18.8. The Morgan fingerprint density at radius 2 is 2.19 bits per heavy atom. The smallest absolute Gasteiger partial charge is 0.255 e. The van der Waals surface area contributed by atoms with E-state index < -0.39 is 5.82 Å². The standard InChI is InChI=1S/C10H15FN4O/c1-15-4-2-7(3-5-15)16-9-8(11)6-13-10(12)14-9/h6-7H,2-5H2,1H3,(H2,12,13,14). The van der Waals surface area contributed by atoms with Crippen molar-refractivity contribution in [1.82, 2.24) is 14.9 Å². The predicted octanol–water partition coefficient (Wildman–Crippen LogP) is 0.671. The number of piperidine rings is 1. The zero-order valence-corrected chi connectivity index (χ0v) is 9.19. The van der Waals surface area contributed by atoms with Gasteiger partial charge in [-0.1, -0.05) is 0 Å². The molecule has 0 spiro atoms. The fourth-order valence-corrected chi connectivity index (χ4v) is 1.71. The molecule has 0 amide bonds. The van der Waals surface area contributed by atoms with Crippen molar-refractivity contribution in [3.8, 4) is 5.88 Å². The van der Waals surface area contributed by atoms with Crippen LogP contribution in [-0.2, 0) is 0 Å². The van der Waals surface area contributed by atoms with Crippen LogP contribution in [0.3, 0.4) is 0 Å². The summed E-state index contributed by atoms with van der Waals surface area (Å²) in [5.74, 6) is -0.570. The molecular weight excluding hydrogens is 211 g/mol. The first-order chi connectivity index (χ1) is 7.65. The van der Waals surface area contributed by atoms with E-state index in [4.69, 9.17) is 10.5 Å². The van der Waals surface area contributed by atoms with Gasteiger partial charge in [-0.2, -0.15) is 9.37 Å². The quantitative estimate of drug-likeness (QED) is 0.803. The molecule has 1 aliphatic rings. The summed E-state index contributed by atoms with van der Waals surface area (Å²) in [6, 6.07) is 0. The van der Waals surface area contributed by atoms with E-state index in [1.807, 2.05) is 0 Å². The van der Waals surface area contributed by atoms with Gasteiger partial charge in [0.15, 0.2) is 0 Å². The number of halogens is 1. The first-order valence-electron chi connectivity index (χ1n) is 5.28. The van der Waals surface area contributed by atoms with Crippen LogP contribution in [0, 0.1) is 5.82 Å². The van der Waals surface area contributed by atoms with Crippen LogP contribution in [0.2, 0.25) is 0 Å². The maximum atomic E-state index is 13.3. The molecule has 0 atom stereocenters. The van der Waals surface area contributed by atoms with Gasteiger partial charge in [0.1, 0.15) is 6.10 Å². The van der Waals surface area contributed by atoms with Gasteiger partial charge < -0.3 is 15.4 Å². The molecule has 1 aromatic heterocycles. The Bertz CT molecular complexity index is 366. The number of hydrogen-bond acceptors (Lipinski definition) is 5. The predicted molar refractivity (Wildman–Crippen MR) is 57.5 cm³/mol. The minimum absolute atomic E-state index is 0.0139. The van der Waals surface area contributed by atoms with Gasteiger partial charge in [0.25, 0.3) is 5.88 Å². The average molecular weight is 226 g/mol. The molecule has 0 aromatic carbocycles. The first-order valence-corrected chi connectivity index (χ1v) is 5.28. The van der Waals surface area contributed by atoms with E-state index in [9.17, 15) is 4.39 Å². The lowest BCUT2D eigenvalue weighted by Gasteiger charge is -2.28. The molecular formula is C10H15FN4O. The van der Waals surface area contributed by atoms with Crippen molar-refractivity contribution in [2.45, 2.75) is 18.9 Å². The van der Waals surface area contributed by atoms with Gasteiger partial charge in [0.2, 0.25) is 11.8 Å². The number of nitrogens with two attached hydrogens (primary N) is 1. The molecule has 1 fully saturated rings. The molecule has 0 aliphatic carbocycles. The van der Waals surface area contributed by atoms with Gasteiger partial charge in [0.05, 0.1) is 6.20 Å². The van der Waals surface area contributed by atoms with Crippen molar-refractivity contribution >= 4 is 5.95 Å². The van der Waals surface area contributed by atoms with Crippen molar-refractivity contribution in [3.63, 3.8) is 0 Å². The number of ether oxygens (including phenoxy) is 1. The van der Waals surface area contributed by atoms with Crippen LogP contribution >= 0.6 is 0 Å². The number of anilines is 1. The third-order valence-electron chi connectivity index (χ3n) is 2.67. The maximum Gasteiger partial charge on any atom is 0.255 e. The van der Waals surface area contributed by atoms with E-state index in [1.54, 1.807) is 0 Å². The van der Waals surface area contributed by atoms with E-state index in [0.717, 1.165) is 32.1 Å². The first kappa shape index (κ1) is 11.1. The van der Waals surface area contributed by atoms with E-state index in [1.165, 1.54) is 0 Å². The normalized spacial score (nSPS) is 18.6. The zero-order chi connectivity index (χ0) is 11.5. The summed E-state index contributed by atoms with van der Waals surface area (Å²) in [4.78, 5) is 9.50. The van der Waals surface area contributed by atoms with Gasteiger partial charge in [0, 0.05) is 13.1 Å². The molecule has 0 radical (unpaired) electrons. The second-order valence-electron chi connectivity index (χ2n) is 4.00. The summed E-state index contributed by atoms with van der Waals surface area (Å²) in [6.45, 7) is 1.90. The minimum atomic E-state index is -0.562. The molecule has 88 valence electrons. The number of nitrogen functional groups attached to an aromatic ring is 1. The monoisotopic (exact) mass is 226 g/mol. The minimum Gasteiger partial charge on any atom is -0.472 e. The molecule has 0 unspecified atom stereocenters. The van der Waals surface area contributed by atoms with Crippen LogP contribution in [0.5, 0.6) is 5.88 Å². The average Bonchev–Trinajstić information content (AvgIpc) is 2.27. The third-order valence-corrected chi connectivity index (χ3v) is 2.67. The highest BCUT2D eigenvalue weighted by atomic mass is 19.1. The molecule has 2 N–H and O–H groups in total. The number of likely N-dealkylation sites (tertiary alicyclic amines) is 1. The van der Waals surface area contributed by atoms with Gasteiger partial charge >= 0.3 is 0 Å². The molecule has 1 saturated heterocycles. The van der Waals surface area contributed by atoms with Crippen molar-refractivity contribution in [3.05, 3.63) is 12.0 Å². The SMILES string of the molecule is CN1CCC(Oc2nc(N)ncc2F)CC1. The van der Waals surface area contributed by atoms with Gasteiger partial charge in [-0.25, -0.2) is 4.98 Å². The van der Waals surface area contributed by atoms with Crippen molar-refractivity contribution in [2.24, 2.45) is 0 Å². The summed E-state index contributed by atoms with van der Waals surface area (Å²) in [5.41, 5.74) is 5.38. The lowest BCUT2D eigenvalue weighted by atomic mass is 10.1.